The van der Waals surface area contributed by atoms with Crippen molar-refractivity contribution < 1.29 is 4.79 Å². The topological polar surface area (TPSA) is 42.0 Å². The van der Waals surface area contributed by atoms with E-state index in [1.54, 1.807) is 0 Å². The fraction of sp³-hybridized carbons (Fsp3) is 0.250. The fourth-order valence-electron chi connectivity index (χ4n) is 2.77. The molecule has 2 aromatic rings. The minimum absolute atomic E-state index is 0.127. The van der Waals surface area contributed by atoms with Gasteiger partial charge in [-0.05, 0) is 24.1 Å². The lowest BCUT2D eigenvalue weighted by molar-refractivity contribution is -0.123. The van der Waals surface area contributed by atoms with Crippen LogP contribution in [0, 0.1) is 0 Å². The van der Waals surface area contributed by atoms with Crippen LogP contribution in [0.25, 0.3) is 0 Å². The van der Waals surface area contributed by atoms with Crippen molar-refractivity contribution in [1.82, 2.24) is 10.3 Å². The van der Waals surface area contributed by atoms with E-state index in [0.717, 1.165) is 12.1 Å². The molecule has 1 aromatic carbocycles. The number of benzene rings is 1. The second-order valence-corrected chi connectivity index (χ2v) is 4.94. The summed E-state index contributed by atoms with van der Waals surface area (Å²) in [6.45, 7) is 0.618. The van der Waals surface area contributed by atoms with Crippen LogP contribution in [0.15, 0.2) is 54.7 Å². The first-order chi connectivity index (χ1) is 9.31. The van der Waals surface area contributed by atoms with Crippen molar-refractivity contribution in [2.24, 2.45) is 0 Å². The van der Waals surface area contributed by atoms with Crippen molar-refractivity contribution in [3.8, 4) is 0 Å². The van der Waals surface area contributed by atoms with E-state index in [4.69, 9.17) is 0 Å². The van der Waals surface area contributed by atoms with Gasteiger partial charge in [0.1, 0.15) is 0 Å². The molecule has 3 heteroatoms. The molecule has 0 spiro atoms. The molecule has 0 saturated carbocycles. The number of aromatic nitrogens is 1. The molecule has 2 heterocycles. The molecule has 1 N–H and O–H groups in total. The molecular weight excluding hydrogens is 236 g/mol. The van der Waals surface area contributed by atoms with Gasteiger partial charge in [0.05, 0.1) is 11.1 Å². The van der Waals surface area contributed by atoms with E-state index in [0.29, 0.717) is 13.0 Å². The first kappa shape index (κ1) is 11.9. The summed E-state index contributed by atoms with van der Waals surface area (Å²) in [5, 5.41) is 2.99. The van der Waals surface area contributed by atoms with Crippen LogP contribution in [0.3, 0.4) is 0 Å². The van der Waals surface area contributed by atoms with Crippen molar-refractivity contribution in [2.45, 2.75) is 18.3 Å². The van der Waals surface area contributed by atoms with Crippen LogP contribution in [0.1, 0.15) is 24.1 Å². The molecule has 1 aliphatic heterocycles. The number of nitrogens with zero attached hydrogens (tertiary/aromatic N) is 1. The highest BCUT2D eigenvalue weighted by Gasteiger charge is 2.38. The van der Waals surface area contributed by atoms with E-state index in [1.807, 2.05) is 42.6 Å². The number of piperidine rings is 1. The smallest absolute Gasteiger partial charge is 0.220 e. The summed E-state index contributed by atoms with van der Waals surface area (Å²) >= 11 is 0. The van der Waals surface area contributed by atoms with Crippen LogP contribution < -0.4 is 5.32 Å². The Hall–Kier alpha value is -2.16. The predicted molar refractivity (Wildman–Crippen MR) is 73.7 cm³/mol. The van der Waals surface area contributed by atoms with E-state index < -0.39 is 0 Å². The molecule has 1 saturated heterocycles. The Labute approximate surface area is 112 Å². The summed E-state index contributed by atoms with van der Waals surface area (Å²) in [6, 6.07) is 16.3. The minimum atomic E-state index is -0.198. The lowest BCUT2D eigenvalue weighted by Gasteiger charge is -2.37. The average molecular weight is 252 g/mol. The zero-order chi connectivity index (χ0) is 13.1. The lowest BCUT2D eigenvalue weighted by atomic mass is 9.72. The highest BCUT2D eigenvalue weighted by atomic mass is 16.1. The zero-order valence-corrected chi connectivity index (χ0v) is 10.7. The van der Waals surface area contributed by atoms with Crippen LogP contribution >= 0.6 is 0 Å². The third-order valence-corrected chi connectivity index (χ3v) is 3.85. The van der Waals surface area contributed by atoms with Gasteiger partial charge in [0.25, 0.3) is 0 Å². The molecule has 0 unspecified atom stereocenters. The normalized spacial score (nSPS) is 22.8. The Morgan fingerprint density at radius 3 is 2.47 bits per heavy atom. The van der Waals surface area contributed by atoms with Gasteiger partial charge in [-0.3, -0.25) is 9.78 Å². The standard InChI is InChI=1S/C16H16N2O/c19-15-9-10-16(12-18-15,13-6-2-1-3-7-13)14-8-4-5-11-17-14/h1-8,11H,9-10,12H2,(H,18,19)/t16-/m1/s1. The second kappa shape index (κ2) is 4.84. The van der Waals surface area contributed by atoms with Crippen molar-refractivity contribution >= 4 is 5.91 Å². The van der Waals surface area contributed by atoms with Crippen LogP contribution in [-0.4, -0.2) is 17.4 Å². The molecule has 0 aliphatic carbocycles. The first-order valence-electron chi connectivity index (χ1n) is 6.55. The average Bonchev–Trinajstić information content (AvgIpc) is 2.50. The van der Waals surface area contributed by atoms with E-state index in [2.05, 4.69) is 22.4 Å². The molecule has 1 amide bonds. The summed E-state index contributed by atoms with van der Waals surface area (Å²) in [4.78, 5) is 16.0. The summed E-state index contributed by atoms with van der Waals surface area (Å²) in [7, 11) is 0. The molecule has 19 heavy (non-hydrogen) atoms. The highest BCUT2D eigenvalue weighted by molar-refractivity contribution is 5.77. The molecule has 1 atom stereocenters. The molecule has 1 aliphatic rings. The summed E-state index contributed by atoms with van der Waals surface area (Å²) < 4.78 is 0. The van der Waals surface area contributed by atoms with Gasteiger partial charge in [-0.15, -0.1) is 0 Å². The third kappa shape index (κ3) is 2.12. The van der Waals surface area contributed by atoms with Gasteiger partial charge in [-0.2, -0.15) is 0 Å². The van der Waals surface area contributed by atoms with Gasteiger partial charge < -0.3 is 5.32 Å². The van der Waals surface area contributed by atoms with Crippen molar-refractivity contribution in [1.29, 1.82) is 0 Å². The SMILES string of the molecule is O=C1CC[C@@](c2ccccc2)(c2ccccn2)CN1. The van der Waals surface area contributed by atoms with Crippen LogP contribution in [-0.2, 0) is 10.2 Å². The van der Waals surface area contributed by atoms with Crippen LogP contribution in [0.4, 0.5) is 0 Å². The summed E-state index contributed by atoms with van der Waals surface area (Å²) in [6.07, 6.45) is 3.17. The van der Waals surface area contributed by atoms with Crippen molar-refractivity contribution in [3.63, 3.8) is 0 Å². The van der Waals surface area contributed by atoms with Crippen molar-refractivity contribution in [2.75, 3.05) is 6.54 Å². The molecule has 1 aromatic heterocycles. The molecule has 1 fully saturated rings. The summed E-state index contributed by atoms with van der Waals surface area (Å²) in [5.41, 5.74) is 2.05. The predicted octanol–water partition coefficient (Wildman–Crippen LogP) is 2.28. The van der Waals surface area contributed by atoms with Crippen LogP contribution in [0.2, 0.25) is 0 Å². The molecular formula is C16H16N2O. The number of nitrogens with one attached hydrogen (secondary N) is 1. The monoisotopic (exact) mass is 252 g/mol. The molecule has 3 nitrogen and oxygen atoms in total. The van der Waals surface area contributed by atoms with E-state index in [1.165, 1.54) is 5.56 Å². The fourth-order valence-corrected chi connectivity index (χ4v) is 2.77. The largest absolute Gasteiger partial charge is 0.355 e. The Morgan fingerprint density at radius 1 is 1.05 bits per heavy atom. The van der Waals surface area contributed by atoms with Gasteiger partial charge in [0.2, 0.25) is 5.91 Å². The number of carbonyl (C=O) groups excluding carboxylic acids is 1. The number of hydrogen-bond donors (Lipinski definition) is 1. The highest BCUT2D eigenvalue weighted by Crippen LogP contribution is 2.36. The molecule has 3 rings (SSSR count). The van der Waals surface area contributed by atoms with Gasteiger partial charge in [-0.1, -0.05) is 36.4 Å². The Kier molecular flexibility index (Phi) is 3.03. The molecule has 96 valence electrons. The maximum Gasteiger partial charge on any atom is 0.220 e. The van der Waals surface area contributed by atoms with Gasteiger partial charge >= 0.3 is 0 Å². The zero-order valence-electron chi connectivity index (χ0n) is 10.7. The maximum atomic E-state index is 11.5. The number of carbonyl (C=O) groups is 1. The third-order valence-electron chi connectivity index (χ3n) is 3.85. The number of pyridine rings is 1. The summed E-state index contributed by atoms with van der Waals surface area (Å²) in [5.74, 6) is 0.127. The Bertz CT molecular complexity index is 514. The van der Waals surface area contributed by atoms with E-state index in [-0.39, 0.29) is 11.3 Å². The van der Waals surface area contributed by atoms with Gasteiger partial charge in [-0.25, -0.2) is 0 Å². The molecule has 0 radical (unpaired) electrons. The van der Waals surface area contributed by atoms with Crippen molar-refractivity contribution in [3.05, 3.63) is 66.0 Å². The lowest BCUT2D eigenvalue weighted by Crippen LogP contribution is -2.47. The molecule has 0 bridgehead atoms. The first-order valence-corrected chi connectivity index (χ1v) is 6.55. The second-order valence-electron chi connectivity index (χ2n) is 4.94. The Morgan fingerprint density at radius 2 is 1.84 bits per heavy atom. The van der Waals surface area contributed by atoms with Gasteiger partial charge in [0, 0.05) is 19.2 Å². The van der Waals surface area contributed by atoms with E-state index >= 15 is 0 Å². The quantitative estimate of drug-likeness (QED) is 0.891. The Balaban J connectivity index is 2.09. The number of rotatable bonds is 2. The minimum Gasteiger partial charge on any atom is -0.355 e. The maximum absolute atomic E-state index is 11.5. The number of amides is 1. The van der Waals surface area contributed by atoms with Gasteiger partial charge in [0.15, 0.2) is 0 Å². The number of hydrogen-bond acceptors (Lipinski definition) is 2. The van der Waals surface area contributed by atoms with E-state index in [9.17, 15) is 4.79 Å². The van der Waals surface area contributed by atoms with Crippen LogP contribution in [0.5, 0.6) is 0 Å².